The standard InChI is InChI=1S/C32H35N5OS/c1-20-10-13-25(14-11-20)34-29(38)15-17-36-31(30(35-32(36)39)27-8-6-7-16-33-27)26-19-23(4)37(24(26)5)28-18-21(2)9-12-22(28)3/h6-14,16,18-19,30-31H,15,17H2,1-5H3,(H,34,38)(H,35,39). The maximum atomic E-state index is 12.9. The first-order valence-corrected chi connectivity index (χ1v) is 13.7. The third kappa shape index (κ3) is 5.45. The molecule has 5 rings (SSSR count). The molecule has 0 saturated carbocycles. The lowest BCUT2D eigenvalue weighted by Gasteiger charge is -2.28. The number of aromatic nitrogens is 2. The number of carbonyl (C=O) groups excluding carboxylic acids is 1. The predicted molar refractivity (Wildman–Crippen MR) is 161 cm³/mol. The van der Waals surface area contributed by atoms with Gasteiger partial charge >= 0.3 is 0 Å². The number of rotatable bonds is 7. The Bertz CT molecular complexity index is 1510. The smallest absolute Gasteiger partial charge is 0.226 e. The zero-order chi connectivity index (χ0) is 27.7. The van der Waals surface area contributed by atoms with E-state index in [-0.39, 0.29) is 18.0 Å². The normalized spacial score (nSPS) is 16.8. The largest absolute Gasteiger partial charge is 0.352 e. The summed E-state index contributed by atoms with van der Waals surface area (Å²) in [7, 11) is 0. The van der Waals surface area contributed by atoms with Gasteiger partial charge in [-0.25, -0.2) is 0 Å². The first kappa shape index (κ1) is 26.6. The van der Waals surface area contributed by atoms with Crippen molar-refractivity contribution in [2.45, 2.75) is 53.1 Å². The Kier molecular flexibility index (Phi) is 7.53. The molecule has 0 bridgehead atoms. The van der Waals surface area contributed by atoms with Gasteiger partial charge in [-0.05, 0) is 99.9 Å². The monoisotopic (exact) mass is 537 g/mol. The van der Waals surface area contributed by atoms with E-state index in [1.165, 1.54) is 22.4 Å². The minimum Gasteiger partial charge on any atom is -0.352 e. The molecule has 0 aliphatic carbocycles. The van der Waals surface area contributed by atoms with Crippen molar-refractivity contribution in [2.24, 2.45) is 0 Å². The van der Waals surface area contributed by atoms with Crippen molar-refractivity contribution in [3.63, 3.8) is 0 Å². The van der Waals surface area contributed by atoms with Gasteiger partial charge in [0.05, 0.1) is 17.8 Å². The summed E-state index contributed by atoms with van der Waals surface area (Å²) >= 11 is 5.85. The van der Waals surface area contributed by atoms with Crippen molar-refractivity contribution in [2.75, 3.05) is 11.9 Å². The molecule has 1 saturated heterocycles. The molecule has 1 fully saturated rings. The van der Waals surface area contributed by atoms with Gasteiger partial charge in [0.1, 0.15) is 0 Å². The van der Waals surface area contributed by atoms with Crippen molar-refractivity contribution in [1.29, 1.82) is 0 Å². The average molecular weight is 538 g/mol. The van der Waals surface area contributed by atoms with Gasteiger partial charge in [-0.15, -0.1) is 0 Å². The third-order valence-electron chi connectivity index (χ3n) is 7.51. The lowest BCUT2D eigenvalue weighted by Crippen LogP contribution is -2.32. The molecule has 3 heterocycles. The van der Waals surface area contributed by atoms with E-state index in [2.05, 4.69) is 77.0 Å². The Hall–Kier alpha value is -3.97. The number of carbonyl (C=O) groups is 1. The van der Waals surface area contributed by atoms with E-state index in [1.54, 1.807) is 0 Å². The van der Waals surface area contributed by atoms with Gasteiger partial charge in [0.2, 0.25) is 5.91 Å². The lowest BCUT2D eigenvalue weighted by atomic mass is 9.96. The summed E-state index contributed by atoms with van der Waals surface area (Å²) in [5.41, 5.74) is 10.0. The number of benzene rings is 2. The summed E-state index contributed by atoms with van der Waals surface area (Å²) < 4.78 is 2.33. The summed E-state index contributed by atoms with van der Waals surface area (Å²) in [6.07, 6.45) is 2.13. The molecule has 6 nitrogen and oxygen atoms in total. The molecular weight excluding hydrogens is 502 g/mol. The van der Waals surface area contributed by atoms with Crippen molar-refractivity contribution >= 4 is 28.9 Å². The SMILES string of the molecule is Cc1ccc(NC(=O)CCN2C(=S)NC(c3ccccn3)C2c2cc(C)n(-c3cc(C)ccc3C)c2C)cc1. The number of nitrogens with one attached hydrogen (secondary N) is 2. The summed E-state index contributed by atoms with van der Waals surface area (Å²) in [4.78, 5) is 19.7. The van der Waals surface area contributed by atoms with Gasteiger partial charge in [-0.3, -0.25) is 9.78 Å². The molecule has 1 amide bonds. The molecule has 4 aromatic rings. The predicted octanol–water partition coefficient (Wildman–Crippen LogP) is 6.42. The fourth-order valence-corrected chi connectivity index (χ4v) is 5.82. The number of amides is 1. The van der Waals surface area contributed by atoms with Crippen LogP contribution in [-0.4, -0.2) is 32.0 Å². The van der Waals surface area contributed by atoms with E-state index < -0.39 is 0 Å². The zero-order valence-electron chi connectivity index (χ0n) is 23.2. The summed E-state index contributed by atoms with van der Waals surface area (Å²) in [5, 5.41) is 7.17. The van der Waals surface area contributed by atoms with Gasteiger partial charge in [0.15, 0.2) is 5.11 Å². The molecule has 2 unspecified atom stereocenters. The average Bonchev–Trinajstić information content (AvgIpc) is 3.40. The van der Waals surface area contributed by atoms with Gasteiger partial charge in [0.25, 0.3) is 0 Å². The Balaban J connectivity index is 1.48. The Labute approximate surface area is 236 Å². The van der Waals surface area contributed by atoms with E-state index >= 15 is 0 Å². The Morgan fingerprint density at radius 1 is 0.974 bits per heavy atom. The second kappa shape index (κ2) is 11.0. The first-order valence-electron chi connectivity index (χ1n) is 13.3. The van der Waals surface area contributed by atoms with Crippen LogP contribution in [0.5, 0.6) is 0 Å². The van der Waals surface area contributed by atoms with E-state index in [1.807, 2.05) is 55.6 Å². The number of thiocarbonyl (C=S) groups is 1. The minimum atomic E-state index is -0.133. The number of aryl methyl sites for hydroxylation is 4. The van der Waals surface area contributed by atoms with Crippen LogP contribution in [0, 0.1) is 34.6 Å². The number of nitrogens with zero attached hydrogens (tertiary/aromatic N) is 3. The Morgan fingerprint density at radius 2 is 1.72 bits per heavy atom. The topological polar surface area (TPSA) is 62.2 Å². The molecule has 2 aromatic carbocycles. The molecule has 39 heavy (non-hydrogen) atoms. The third-order valence-corrected chi connectivity index (χ3v) is 7.86. The number of hydrogen-bond acceptors (Lipinski definition) is 3. The first-order chi connectivity index (χ1) is 18.7. The molecule has 200 valence electrons. The summed E-state index contributed by atoms with van der Waals surface area (Å²) in [5.74, 6) is -0.0393. The van der Waals surface area contributed by atoms with Crippen LogP contribution in [0.1, 0.15) is 57.8 Å². The van der Waals surface area contributed by atoms with Crippen LogP contribution in [-0.2, 0) is 4.79 Å². The molecular formula is C32H35N5OS. The highest BCUT2D eigenvalue weighted by molar-refractivity contribution is 7.80. The van der Waals surface area contributed by atoms with Crippen LogP contribution in [0.3, 0.4) is 0 Å². The van der Waals surface area contributed by atoms with Crippen LogP contribution in [0.4, 0.5) is 5.69 Å². The highest BCUT2D eigenvalue weighted by Gasteiger charge is 2.41. The van der Waals surface area contributed by atoms with E-state index in [9.17, 15) is 4.79 Å². The molecule has 2 atom stereocenters. The van der Waals surface area contributed by atoms with E-state index in [0.29, 0.717) is 18.1 Å². The molecule has 0 radical (unpaired) electrons. The van der Waals surface area contributed by atoms with Crippen molar-refractivity contribution in [3.8, 4) is 5.69 Å². The molecule has 7 heteroatoms. The van der Waals surface area contributed by atoms with Crippen LogP contribution in [0.25, 0.3) is 5.69 Å². The highest BCUT2D eigenvalue weighted by atomic mass is 32.1. The fraction of sp³-hybridized carbons (Fsp3) is 0.281. The van der Waals surface area contributed by atoms with Crippen molar-refractivity contribution < 1.29 is 4.79 Å². The molecule has 2 aromatic heterocycles. The fourth-order valence-electron chi connectivity index (χ4n) is 5.49. The molecule has 2 N–H and O–H groups in total. The lowest BCUT2D eigenvalue weighted by molar-refractivity contribution is -0.116. The maximum Gasteiger partial charge on any atom is 0.226 e. The van der Waals surface area contributed by atoms with Gasteiger partial charge in [0, 0.05) is 41.9 Å². The quantitative estimate of drug-likeness (QED) is 0.267. The zero-order valence-corrected chi connectivity index (χ0v) is 24.0. The number of hydrogen-bond donors (Lipinski definition) is 2. The van der Waals surface area contributed by atoms with Gasteiger partial charge in [-0.1, -0.05) is 35.9 Å². The minimum absolute atomic E-state index is 0.0393. The van der Waals surface area contributed by atoms with Crippen molar-refractivity contribution in [3.05, 3.63) is 112 Å². The highest BCUT2D eigenvalue weighted by Crippen LogP contribution is 2.41. The van der Waals surface area contributed by atoms with E-state index in [0.717, 1.165) is 28.3 Å². The van der Waals surface area contributed by atoms with Crippen LogP contribution >= 0.6 is 12.2 Å². The van der Waals surface area contributed by atoms with Gasteiger partial charge in [-0.2, -0.15) is 0 Å². The Morgan fingerprint density at radius 3 is 2.44 bits per heavy atom. The van der Waals surface area contributed by atoms with Crippen LogP contribution < -0.4 is 10.6 Å². The second-order valence-electron chi connectivity index (χ2n) is 10.4. The second-order valence-corrected chi connectivity index (χ2v) is 10.8. The van der Waals surface area contributed by atoms with Gasteiger partial charge < -0.3 is 20.1 Å². The maximum absolute atomic E-state index is 12.9. The van der Waals surface area contributed by atoms with E-state index in [4.69, 9.17) is 12.2 Å². The number of anilines is 1. The summed E-state index contributed by atoms with van der Waals surface area (Å²) in [6, 6.07) is 22.4. The van der Waals surface area contributed by atoms with Crippen molar-refractivity contribution in [1.82, 2.24) is 19.8 Å². The molecule has 0 spiro atoms. The van der Waals surface area contributed by atoms with Crippen LogP contribution in [0.2, 0.25) is 0 Å². The molecule has 1 aliphatic rings. The van der Waals surface area contributed by atoms with Crippen LogP contribution in [0.15, 0.2) is 72.9 Å². The molecule has 1 aliphatic heterocycles. The summed E-state index contributed by atoms with van der Waals surface area (Å²) in [6.45, 7) is 11.1. The number of pyridine rings is 1.